The number of benzene rings is 1. The Morgan fingerprint density at radius 3 is 3.04 bits per heavy atom. The first-order chi connectivity index (χ1) is 12.7. The molecule has 0 radical (unpaired) electrons. The SMILES string of the molecule is CSCC[C@H](NC(=O)c1ccc2nnnn2c1)c1nc2ccccc2[nH]1. The quantitative estimate of drug-likeness (QED) is 0.542. The van der Waals surface area contributed by atoms with Gasteiger partial charge in [-0.1, -0.05) is 12.1 Å². The molecule has 9 heteroatoms. The number of hydrogen-bond acceptors (Lipinski definition) is 6. The highest BCUT2D eigenvalue weighted by atomic mass is 32.2. The van der Waals surface area contributed by atoms with Gasteiger partial charge in [-0.25, -0.2) is 4.98 Å². The van der Waals surface area contributed by atoms with Crippen LogP contribution in [0.4, 0.5) is 0 Å². The van der Waals surface area contributed by atoms with E-state index < -0.39 is 0 Å². The van der Waals surface area contributed by atoms with Gasteiger partial charge in [0.1, 0.15) is 5.82 Å². The predicted octanol–water partition coefficient (Wildman–Crippen LogP) is 2.22. The zero-order chi connectivity index (χ0) is 17.9. The highest BCUT2D eigenvalue weighted by Gasteiger charge is 2.19. The van der Waals surface area contributed by atoms with Crippen LogP contribution in [0, 0.1) is 0 Å². The molecule has 3 aromatic heterocycles. The van der Waals surface area contributed by atoms with Crippen LogP contribution in [-0.2, 0) is 0 Å². The predicted molar refractivity (Wildman–Crippen MR) is 100 cm³/mol. The lowest BCUT2D eigenvalue weighted by Gasteiger charge is -2.16. The second kappa shape index (κ2) is 7.12. The Hall–Kier alpha value is -2.94. The molecule has 0 saturated heterocycles. The largest absolute Gasteiger partial charge is 0.342 e. The van der Waals surface area contributed by atoms with Crippen LogP contribution in [0.15, 0.2) is 42.6 Å². The molecule has 26 heavy (non-hydrogen) atoms. The van der Waals surface area contributed by atoms with Gasteiger partial charge in [-0.3, -0.25) is 4.79 Å². The van der Waals surface area contributed by atoms with Crippen molar-refractivity contribution in [1.29, 1.82) is 0 Å². The number of imidazole rings is 1. The maximum atomic E-state index is 12.7. The summed E-state index contributed by atoms with van der Waals surface area (Å²) in [5.74, 6) is 1.49. The molecule has 0 spiro atoms. The minimum atomic E-state index is -0.202. The second-order valence-electron chi connectivity index (χ2n) is 5.85. The van der Waals surface area contributed by atoms with Gasteiger partial charge >= 0.3 is 0 Å². The molecule has 0 unspecified atom stereocenters. The molecule has 4 rings (SSSR count). The number of aromatic nitrogens is 6. The first kappa shape index (κ1) is 16.5. The molecule has 0 saturated carbocycles. The molecule has 0 aliphatic carbocycles. The summed E-state index contributed by atoms with van der Waals surface area (Å²) in [5.41, 5.74) is 2.94. The molecule has 2 N–H and O–H groups in total. The Balaban J connectivity index is 1.60. The van der Waals surface area contributed by atoms with Gasteiger partial charge in [0.2, 0.25) is 0 Å². The average molecular weight is 367 g/mol. The number of pyridine rings is 1. The van der Waals surface area contributed by atoms with Crippen LogP contribution < -0.4 is 5.32 Å². The highest BCUT2D eigenvalue weighted by molar-refractivity contribution is 7.98. The molecule has 1 aromatic carbocycles. The number of tetrazole rings is 1. The summed E-state index contributed by atoms with van der Waals surface area (Å²) in [6.45, 7) is 0. The lowest BCUT2D eigenvalue weighted by molar-refractivity contribution is 0.0933. The van der Waals surface area contributed by atoms with Crippen molar-refractivity contribution in [2.75, 3.05) is 12.0 Å². The number of carbonyl (C=O) groups excluding carboxylic acids is 1. The van der Waals surface area contributed by atoms with E-state index in [2.05, 4.69) is 30.8 Å². The summed E-state index contributed by atoms with van der Waals surface area (Å²) in [6.07, 6.45) is 4.44. The van der Waals surface area contributed by atoms with Crippen LogP contribution in [0.3, 0.4) is 0 Å². The molecular weight excluding hydrogens is 350 g/mol. The van der Waals surface area contributed by atoms with Crippen molar-refractivity contribution in [3.63, 3.8) is 0 Å². The number of para-hydroxylation sites is 2. The van der Waals surface area contributed by atoms with Gasteiger partial charge < -0.3 is 10.3 Å². The van der Waals surface area contributed by atoms with Gasteiger partial charge in [0.15, 0.2) is 5.65 Å². The van der Waals surface area contributed by atoms with Crippen LogP contribution in [-0.4, -0.2) is 47.9 Å². The van der Waals surface area contributed by atoms with Gasteiger partial charge in [0.05, 0.1) is 22.6 Å². The topological polar surface area (TPSA) is 101 Å². The highest BCUT2D eigenvalue weighted by Crippen LogP contribution is 2.20. The number of aromatic amines is 1. The lowest BCUT2D eigenvalue weighted by atomic mass is 10.2. The molecule has 1 amide bonds. The van der Waals surface area contributed by atoms with Crippen molar-refractivity contribution < 1.29 is 4.79 Å². The Morgan fingerprint density at radius 1 is 1.31 bits per heavy atom. The van der Waals surface area contributed by atoms with Crippen LogP contribution in [0.1, 0.15) is 28.6 Å². The van der Waals surface area contributed by atoms with E-state index >= 15 is 0 Å². The van der Waals surface area contributed by atoms with Gasteiger partial charge in [0, 0.05) is 6.20 Å². The first-order valence-electron chi connectivity index (χ1n) is 8.17. The van der Waals surface area contributed by atoms with Crippen molar-refractivity contribution in [1.82, 2.24) is 35.3 Å². The van der Waals surface area contributed by atoms with Crippen LogP contribution in [0.5, 0.6) is 0 Å². The molecule has 3 heterocycles. The number of hydrogen-bond donors (Lipinski definition) is 2. The van der Waals surface area contributed by atoms with E-state index in [4.69, 9.17) is 0 Å². The van der Waals surface area contributed by atoms with E-state index in [1.54, 1.807) is 30.1 Å². The maximum Gasteiger partial charge on any atom is 0.253 e. The van der Waals surface area contributed by atoms with E-state index in [1.807, 2.05) is 30.5 Å². The van der Waals surface area contributed by atoms with E-state index in [-0.39, 0.29) is 11.9 Å². The third-order valence-electron chi connectivity index (χ3n) is 4.11. The number of thioether (sulfide) groups is 1. The Labute approximate surface area is 153 Å². The number of rotatable bonds is 6. The average Bonchev–Trinajstić information content (AvgIpc) is 3.30. The van der Waals surface area contributed by atoms with Crippen molar-refractivity contribution in [2.45, 2.75) is 12.5 Å². The first-order valence-corrected chi connectivity index (χ1v) is 9.56. The summed E-state index contributed by atoms with van der Waals surface area (Å²) >= 11 is 1.73. The number of amides is 1. The molecule has 0 bridgehead atoms. The third kappa shape index (κ3) is 3.25. The Bertz CT molecular complexity index is 1020. The molecule has 1 atom stereocenters. The summed E-state index contributed by atoms with van der Waals surface area (Å²) in [6, 6.07) is 11.1. The van der Waals surface area contributed by atoms with Crippen LogP contribution in [0.2, 0.25) is 0 Å². The van der Waals surface area contributed by atoms with E-state index in [0.29, 0.717) is 11.2 Å². The van der Waals surface area contributed by atoms with Gasteiger partial charge in [-0.05, 0) is 53.1 Å². The van der Waals surface area contributed by atoms with Gasteiger partial charge in [-0.2, -0.15) is 16.3 Å². The fourth-order valence-electron chi connectivity index (χ4n) is 2.77. The third-order valence-corrected chi connectivity index (χ3v) is 4.75. The monoisotopic (exact) mass is 367 g/mol. The molecule has 0 aliphatic heterocycles. The molecule has 8 nitrogen and oxygen atoms in total. The zero-order valence-corrected chi connectivity index (χ0v) is 14.9. The summed E-state index contributed by atoms with van der Waals surface area (Å²) in [4.78, 5) is 20.7. The zero-order valence-electron chi connectivity index (χ0n) is 14.1. The van der Waals surface area contributed by atoms with Crippen LogP contribution in [0.25, 0.3) is 16.7 Å². The second-order valence-corrected chi connectivity index (χ2v) is 6.83. The van der Waals surface area contributed by atoms with Crippen LogP contribution >= 0.6 is 11.8 Å². The maximum absolute atomic E-state index is 12.7. The fraction of sp³-hybridized carbons (Fsp3) is 0.235. The van der Waals surface area contributed by atoms with E-state index in [9.17, 15) is 4.79 Å². The number of fused-ring (bicyclic) bond motifs is 2. The van der Waals surface area contributed by atoms with Gasteiger partial charge in [0.25, 0.3) is 5.91 Å². The molecule has 132 valence electrons. The number of nitrogens with one attached hydrogen (secondary N) is 2. The normalized spacial score (nSPS) is 12.5. The molecular formula is C17H17N7OS. The van der Waals surface area contributed by atoms with Crippen molar-refractivity contribution in [3.05, 3.63) is 54.0 Å². The van der Waals surface area contributed by atoms with E-state index in [1.165, 1.54) is 4.52 Å². The minimum Gasteiger partial charge on any atom is -0.342 e. The molecule has 0 aliphatic rings. The number of H-pyrrole nitrogens is 1. The smallest absolute Gasteiger partial charge is 0.253 e. The van der Waals surface area contributed by atoms with Gasteiger partial charge in [-0.15, -0.1) is 5.10 Å². The summed E-state index contributed by atoms with van der Waals surface area (Å²) < 4.78 is 1.48. The molecule has 4 aromatic rings. The van der Waals surface area contributed by atoms with Crippen molar-refractivity contribution in [3.8, 4) is 0 Å². The number of nitrogens with zero attached hydrogens (tertiary/aromatic N) is 5. The van der Waals surface area contributed by atoms with Crippen molar-refractivity contribution >= 4 is 34.3 Å². The summed E-state index contributed by atoms with van der Waals surface area (Å²) in [5, 5.41) is 14.3. The summed E-state index contributed by atoms with van der Waals surface area (Å²) in [7, 11) is 0. The van der Waals surface area contributed by atoms with E-state index in [0.717, 1.165) is 29.0 Å². The molecule has 0 fully saturated rings. The Morgan fingerprint density at radius 2 is 2.19 bits per heavy atom. The van der Waals surface area contributed by atoms with Crippen molar-refractivity contribution in [2.24, 2.45) is 0 Å². The Kier molecular flexibility index (Phi) is 4.53. The minimum absolute atomic E-state index is 0.186. The fourth-order valence-corrected chi connectivity index (χ4v) is 3.24. The number of carbonyl (C=O) groups is 1. The standard InChI is InChI=1S/C17H17N7OS/c1-26-9-8-14(16-18-12-4-2-3-5-13(12)19-16)20-17(25)11-6-7-15-21-22-23-24(15)10-11/h2-7,10,14H,8-9H2,1H3,(H,18,19)(H,20,25)/t14-/m0/s1. The lowest BCUT2D eigenvalue weighted by Crippen LogP contribution is -2.30.